The fourth-order valence-electron chi connectivity index (χ4n) is 2.03. The minimum absolute atomic E-state index is 0.159. The molecule has 0 spiro atoms. The van der Waals surface area contributed by atoms with Gasteiger partial charge in [-0.25, -0.2) is 9.18 Å². The van der Waals surface area contributed by atoms with Crippen LogP contribution in [-0.4, -0.2) is 32.1 Å². The summed E-state index contributed by atoms with van der Waals surface area (Å²) in [6, 6.07) is 12.5. The Hall–Kier alpha value is -2.89. The molecule has 2 rings (SSSR count). The first kappa shape index (κ1) is 17.5. The second-order valence-electron chi connectivity index (χ2n) is 5.03. The van der Waals surface area contributed by atoms with Gasteiger partial charge in [-0.2, -0.15) is 0 Å². The molecule has 126 valence electrons. The third-order valence-corrected chi connectivity index (χ3v) is 3.27. The van der Waals surface area contributed by atoms with Gasteiger partial charge in [0.2, 0.25) is 0 Å². The molecule has 0 saturated heterocycles. The number of carbonyl (C=O) groups is 2. The standard InChI is InChI=1S/C18H18FNO4/c1-23-18(22)14-3-2-4-16(11-14)24-12-17(21)20-10-9-13-5-7-15(19)8-6-13/h2-8,11H,9-10,12H2,1H3,(H,20,21). The van der Waals surface area contributed by atoms with Gasteiger partial charge in [0, 0.05) is 6.54 Å². The third-order valence-electron chi connectivity index (χ3n) is 3.27. The molecule has 1 amide bonds. The zero-order chi connectivity index (χ0) is 17.4. The summed E-state index contributed by atoms with van der Waals surface area (Å²) in [5, 5.41) is 2.72. The number of nitrogens with one attached hydrogen (secondary N) is 1. The first-order valence-corrected chi connectivity index (χ1v) is 7.41. The fourth-order valence-corrected chi connectivity index (χ4v) is 2.03. The molecular formula is C18H18FNO4. The van der Waals surface area contributed by atoms with Gasteiger partial charge in [-0.1, -0.05) is 18.2 Å². The van der Waals surface area contributed by atoms with Crippen LogP contribution in [-0.2, 0) is 16.0 Å². The van der Waals surface area contributed by atoms with Crippen LogP contribution in [0.1, 0.15) is 15.9 Å². The summed E-state index contributed by atoms with van der Waals surface area (Å²) in [6.07, 6.45) is 0.601. The lowest BCUT2D eigenvalue weighted by Crippen LogP contribution is -2.30. The Morgan fingerprint density at radius 1 is 1.12 bits per heavy atom. The van der Waals surface area contributed by atoms with Gasteiger partial charge in [-0.05, 0) is 42.3 Å². The quantitative estimate of drug-likeness (QED) is 0.791. The zero-order valence-electron chi connectivity index (χ0n) is 13.3. The number of carbonyl (C=O) groups excluding carboxylic acids is 2. The summed E-state index contributed by atoms with van der Waals surface area (Å²) in [4.78, 5) is 23.2. The molecule has 2 aromatic carbocycles. The van der Waals surface area contributed by atoms with Crippen LogP contribution in [0.3, 0.4) is 0 Å². The van der Waals surface area contributed by atoms with Crippen molar-refractivity contribution in [3.63, 3.8) is 0 Å². The average Bonchev–Trinajstić information content (AvgIpc) is 2.61. The molecule has 0 unspecified atom stereocenters. The normalized spacial score (nSPS) is 10.1. The Bertz CT molecular complexity index is 700. The molecule has 0 aliphatic rings. The molecular weight excluding hydrogens is 313 g/mol. The highest BCUT2D eigenvalue weighted by Crippen LogP contribution is 2.13. The van der Waals surface area contributed by atoms with Gasteiger partial charge in [0.25, 0.3) is 5.91 Å². The number of methoxy groups -OCH3 is 1. The van der Waals surface area contributed by atoms with Gasteiger partial charge in [-0.3, -0.25) is 4.79 Å². The predicted octanol–water partition coefficient (Wildman–Crippen LogP) is 2.35. The van der Waals surface area contributed by atoms with E-state index in [0.717, 1.165) is 5.56 Å². The number of hydrogen-bond acceptors (Lipinski definition) is 4. The number of hydrogen-bond donors (Lipinski definition) is 1. The molecule has 0 saturated carbocycles. The van der Waals surface area contributed by atoms with E-state index in [1.165, 1.54) is 25.3 Å². The van der Waals surface area contributed by atoms with Crippen molar-refractivity contribution in [2.24, 2.45) is 0 Å². The molecule has 24 heavy (non-hydrogen) atoms. The van der Waals surface area contributed by atoms with Crippen LogP contribution in [0.15, 0.2) is 48.5 Å². The molecule has 0 radical (unpaired) electrons. The summed E-state index contributed by atoms with van der Waals surface area (Å²) >= 11 is 0. The van der Waals surface area contributed by atoms with E-state index in [2.05, 4.69) is 10.1 Å². The summed E-state index contributed by atoms with van der Waals surface area (Å²) in [7, 11) is 1.30. The predicted molar refractivity (Wildman–Crippen MR) is 86.4 cm³/mol. The van der Waals surface area contributed by atoms with Crippen molar-refractivity contribution in [2.45, 2.75) is 6.42 Å². The molecule has 2 aromatic rings. The molecule has 0 heterocycles. The maximum Gasteiger partial charge on any atom is 0.337 e. The van der Waals surface area contributed by atoms with E-state index >= 15 is 0 Å². The monoisotopic (exact) mass is 331 g/mol. The Morgan fingerprint density at radius 2 is 1.88 bits per heavy atom. The van der Waals surface area contributed by atoms with Gasteiger partial charge < -0.3 is 14.8 Å². The van der Waals surface area contributed by atoms with E-state index in [1.807, 2.05) is 0 Å². The molecule has 0 atom stereocenters. The van der Waals surface area contributed by atoms with Crippen LogP contribution in [0.2, 0.25) is 0 Å². The lowest BCUT2D eigenvalue weighted by atomic mass is 10.1. The van der Waals surface area contributed by atoms with Crippen LogP contribution < -0.4 is 10.1 Å². The highest BCUT2D eigenvalue weighted by atomic mass is 19.1. The summed E-state index contributed by atoms with van der Waals surface area (Å²) in [6.45, 7) is 0.268. The molecule has 0 bridgehead atoms. The summed E-state index contributed by atoms with van der Waals surface area (Å²) in [5.74, 6) is -0.623. The summed E-state index contributed by atoms with van der Waals surface area (Å²) < 4.78 is 22.8. The van der Waals surface area contributed by atoms with E-state index in [0.29, 0.717) is 24.3 Å². The number of amides is 1. The van der Waals surface area contributed by atoms with Crippen LogP contribution in [0, 0.1) is 5.82 Å². The van der Waals surface area contributed by atoms with Gasteiger partial charge in [0.05, 0.1) is 12.7 Å². The van der Waals surface area contributed by atoms with Crippen LogP contribution in [0.4, 0.5) is 4.39 Å². The minimum atomic E-state index is -0.468. The highest BCUT2D eigenvalue weighted by molar-refractivity contribution is 5.89. The van der Waals surface area contributed by atoms with Crippen molar-refractivity contribution in [1.29, 1.82) is 0 Å². The molecule has 6 heteroatoms. The van der Waals surface area contributed by atoms with Crippen molar-refractivity contribution >= 4 is 11.9 Å². The minimum Gasteiger partial charge on any atom is -0.484 e. The SMILES string of the molecule is COC(=O)c1cccc(OCC(=O)NCCc2ccc(F)cc2)c1. The van der Waals surface area contributed by atoms with E-state index in [9.17, 15) is 14.0 Å². The molecule has 0 fully saturated rings. The second-order valence-corrected chi connectivity index (χ2v) is 5.03. The maximum absolute atomic E-state index is 12.8. The summed E-state index contributed by atoms with van der Waals surface area (Å²) in [5.41, 5.74) is 1.29. The number of ether oxygens (including phenoxy) is 2. The van der Waals surface area contributed by atoms with E-state index in [4.69, 9.17) is 4.74 Å². The molecule has 0 aliphatic heterocycles. The maximum atomic E-state index is 12.8. The smallest absolute Gasteiger partial charge is 0.337 e. The Morgan fingerprint density at radius 3 is 2.58 bits per heavy atom. The number of rotatable bonds is 7. The van der Waals surface area contributed by atoms with Gasteiger partial charge in [-0.15, -0.1) is 0 Å². The lowest BCUT2D eigenvalue weighted by Gasteiger charge is -2.08. The Labute approximate surface area is 139 Å². The largest absolute Gasteiger partial charge is 0.484 e. The fraction of sp³-hybridized carbons (Fsp3) is 0.222. The Kier molecular flexibility index (Phi) is 6.31. The van der Waals surface area contributed by atoms with Gasteiger partial charge in [0.15, 0.2) is 6.61 Å². The third kappa shape index (κ3) is 5.39. The first-order chi connectivity index (χ1) is 11.6. The molecule has 0 aliphatic carbocycles. The molecule has 0 aromatic heterocycles. The Balaban J connectivity index is 1.75. The average molecular weight is 331 g/mol. The van der Waals surface area contributed by atoms with E-state index in [1.54, 1.807) is 30.3 Å². The van der Waals surface area contributed by atoms with Crippen molar-refractivity contribution in [3.8, 4) is 5.75 Å². The van der Waals surface area contributed by atoms with Crippen LogP contribution in [0.5, 0.6) is 5.75 Å². The van der Waals surface area contributed by atoms with Crippen molar-refractivity contribution in [2.75, 3.05) is 20.3 Å². The van der Waals surface area contributed by atoms with E-state index < -0.39 is 5.97 Å². The van der Waals surface area contributed by atoms with Crippen molar-refractivity contribution in [1.82, 2.24) is 5.32 Å². The van der Waals surface area contributed by atoms with Crippen LogP contribution in [0.25, 0.3) is 0 Å². The number of benzene rings is 2. The van der Waals surface area contributed by atoms with Crippen LogP contribution >= 0.6 is 0 Å². The number of halogens is 1. The lowest BCUT2D eigenvalue weighted by molar-refractivity contribution is -0.123. The van der Waals surface area contributed by atoms with Crippen molar-refractivity contribution < 1.29 is 23.5 Å². The second kappa shape index (κ2) is 8.67. The zero-order valence-corrected chi connectivity index (χ0v) is 13.3. The molecule has 5 nitrogen and oxygen atoms in total. The van der Waals surface area contributed by atoms with Gasteiger partial charge >= 0.3 is 5.97 Å². The van der Waals surface area contributed by atoms with Gasteiger partial charge in [0.1, 0.15) is 11.6 Å². The van der Waals surface area contributed by atoms with Crippen molar-refractivity contribution in [3.05, 3.63) is 65.5 Å². The first-order valence-electron chi connectivity index (χ1n) is 7.41. The van der Waals surface area contributed by atoms with E-state index in [-0.39, 0.29) is 18.3 Å². The number of esters is 1. The molecule has 1 N–H and O–H groups in total. The highest BCUT2D eigenvalue weighted by Gasteiger charge is 2.07. The topological polar surface area (TPSA) is 64.6 Å².